The van der Waals surface area contributed by atoms with Crippen molar-refractivity contribution in [1.82, 2.24) is 0 Å². The summed E-state index contributed by atoms with van der Waals surface area (Å²) in [5, 5.41) is 0. The van der Waals surface area contributed by atoms with Crippen LogP contribution in [0, 0.1) is 5.92 Å². The molecule has 0 N–H and O–H groups in total. The van der Waals surface area contributed by atoms with E-state index in [2.05, 4.69) is 4.74 Å². The molecular formula is C14H14O5S. The van der Waals surface area contributed by atoms with Crippen molar-refractivity contribution in [3.8, 4) is 5.75 Å². The zero-order valence-corrected chi connectivity index (χ0v) is 12.0. The molecule has 0 aliphatic carbocycles. The number of hydrogen-bond acceptors (Lipinski definition) is 6. The molecule has 0 aromatic heterocycles. The third kappa shape index (κ3) is 2.56. The molecule has 1 unspecified atom stereocenters. The highest BCUT2D eigenvalue weighted by Gasteiger charge is 2.38. The van der Waals surface area contributed by atoms with Gasteiger partial charge in [-0.3, -0.25) is 9.59 Å². The second-order valence-corrected chi connectivity index (χ2v) is 5.18. The molecule has 1 atom stereocenters. The van der Waals surface area contributed by atoms with Crippen molar-refractivity contribution in [3.05, 3.63) is 23.8 Å². The highest BCUT2D eigenvalue weighted by molar-refractivity contribution is 7.99. The smallest absolute Gasteiger partial charge is 0.375 e. The first-order valence-electron chi connectivity index (χ1n) is 6.15. The van der Waals surface area contributed by atoms with Crippen LogP contribution in [0.1, 0.15) is 17.3 Å². The first kappa shape index (κ1) is 14.6. The van der Waals surface area contributed by atoms with Crippen molar-refractivity contribution in [2.75, 3.05) is 19.5 Å². The molecule has 5 nitrogen and oxygen atoms in total. The van der Waals surface area contributed by atoms with Crippen LogP contribution in [-0.4, -0.2) is 37.0 Å². The Morgan fingerprint density at radius 2 is 2.15 bits per heavy atom. The molecule has 0 fully saturated rings. The van der Waals surface area contributed by atoms with E-state index in [4.69, 9.17) is 4.74 Å². The highest BCUT2D eigenvalue weighted by atomic mass is 32.2. The third-order valence-corrected chi connectivity index (χ3v) is 4.18. The molecule has 0 radical (unpaired) electrons. The fraction of sp³-hybridized carbons (Fsp3) is 0.357. The topological polar surface area (TPSA) is 69.7 Å². The van der Waals surface area contributed by atoms with E-state index in [1.807, 2.05) is 0 Å². The van der Waals surface area contributed by atoms with E-state index >= 15 is 0 Å². The van der Waals surface area contributed by atoms with Gasteiger partial charge in [0.05, 0.1) is 18.6 Å². The third-order valence-electron chi connectivity index (χ3n) is 2.97. The molecule has 0 spiro atoms. The Labute approximate surface area is 120 Å². The van der Waals surface area contributed by atoms with Crippen molar-refractivity contribution in [1.29, 1.82) is 0 Å². The van der Waals surface area contributed by atoms with Gasteiger partial charge in [-0.15, -0.1) is 11.8 Å². The fourth-order valence-electron chi connectivity index (χ4n) is 1.99. The molecule has 0 saturated carbocycles. The Kier molecular flexibility index (Phi) is 4.44. The molecule has 0 bridgehead atoms. The molecule has 1 aromatic rings. The Morgan fingerprint density at radius 3 is 2.80 bits per heavy atom. The second kappa shape index (κ2) is 6.09. The van der Waals surface area contributed by atoms with Crippen LogP contribution < -0.4 is 4.74 Å². The largest absolute Gasteiger partial charge is 0.496 e. The summed E-state index contributed by atoms with van der Waals surface area (Å²) in [6, 6.07) is 5.08. The Hall–Kier alpha value is -1.82. The number of thioether (sulfide) groups is 1. The number of Topliss-reactive ketones (excluding diaryl/α,β-unsaturated/α-hetero) is 2. The van der Waals surface area contributed by atoms with Gasteiger partial charge in [-0.2, -0.15) is 0 Å². The minimum Gasteiger partial charge on any atom is -0.496 e. The van der Waals surface area contributed by atoms with Gasteiger partial charge in [0.2, 0.25) is 0 Å². The van der Waals surface area contributed by atoms with Crippen molar-refractivity contribution < 1.29 is 23.9 Å². The first-order valence-corrected chi connectivity index (χ1v) is 7.13. The second-order valence-electron chi connectivity index (χ2n) is 4.15. The van der Waals surface area contributed by atoms with Crippen molar-refractivity contribution >= 4 is 29.3 Å². The summed E-state index contributed by atoms with van der Waals surface area (Å²) in [6.45, 7) is 1.73. The lowest BCUT2D eigenvalue weighted by Gasteiger charge is -2.22. The summed E-state index contributed by atoms with van der Waals surface area (Å²) in [7, 11) is 1.52. The number of ketones is 2. The van der Waals surface area contributed by atoms with Crippen LogP contribution in [-0.2, 0) is 14.3 Å². The van der Waals surface area contributed by atoms with E-state index in [0.717, 1.165) is 0 Å². The Balaban J connectivity index is 2.28. The van der Waals surface area contributed by atoms with Gasteiger partial charge in [0.1, 0.15) is 11.7 Å². The lowest BCUT2D eigenvalue weighted by Crippen LogP contribution is -2.35. The molecule has 0 amide bonds. The van der Waals surface area contributed by atoms with E-state index in [1.54, 1.807) is 25.1 Å². The predicted molar refractivity (Wildman–Crippen MR) is 73.2 cm³/mol. The van der Waals surface area contributed by atoms with Gasteiger partial charge in [-0.1, -0.05) is 6.07 Å². The van der Waals surface area contributed by atoms with Gasteiger partial charge in [0.25, 0.3) is 5.78 Å². The molecule has 20 heavy (non-hydrogen) atoms. The lowest BCUT2D eigenvalue weighted by molar-refractivity contribution is -0.154. The summed E-state index contributed by atoms with van der Waals surface area (Å²) in [6.07, 6.45) is 0. The maximum absolute atomic E-state index is 12.3. The average Bonchev–Trinajstić information content (AvgIpc) is 2.46. The van der Waals surface area contributed by atoms with Crippen LogP contribution in [0.2, 0.25) is 0 Å². The van der Waals surface area contributed by atoms with Crippen LogP contribution in [0.3, 0.4) is 0 Å². The SMILES string of the molecule is CCOC(=O)C(=O)C1CSc2c(OC)cccc2C1=O. The summed E-state index contributed by atoms with van der Waals surface area (Å²) < 4.78 is 9.86. The number of ether oxygens (including phenoxy) is 2. The van der Waals surface area contributed by atoms with Crippen LogP contribution in [0.4, 0.5) is 0 Å². The fourth-order valence-corrected chi connectivity index (χ4v) is 3.24. The van der Waals surface area contributed by atoms with Crippen LogP contribution in [0.5, 0.6) is 5.75 Å². The van der Waals surface area contributed by atoms with Crippen LogP contribution >= 0.6 is 11.8 Å². The predicted octanol–water partition coefficient (Wildman–Crippen LogP) is 1.73. The van der Waals surface area contributed by atoms with Crippen LogP contribution in [0.25, 0.3) is 0 Å². The minimum atomic E-state index is -0.973. The normalized spacial score (nSPS) is 17.3. The van der Waals surface area contributed by atoms with E-state index in [-0.39, 0.29) is 18.1 Å². The lowest BCUT2D eigenvalue weighted by atomic mass is 9.94. The zero-order chi connectivity index (χ0) is 14.7. The number of carbonyl (C=O) groups is 3. The van der Waals surface area contributed by atoms with E-state index < -0.39 is 17.7 Å². The molecule has 106 valence electrons. The minimum absolute atomic E-state index is 0.114. The first-order chi connectivity index (χ1) is 9.60. The van der Waals surface area contributed by atoms with Crippen molar-refractivity contribution in [2.45, 2.75) is 11.8 Å². The van der Waals surface area contributed by atoms with Gasteiger partial charge in [-0.05, 0) is 19.1 Å². The van der Waals surface area contributed by atoms with Gasteiger partial charge in [-0.25, -0.2) is 4.79 Å². The quantitative estimate of drug-likeness (QED) is 0.478. The standard InChI is InChI=1S/C14H14O5S/c1-3-19-14(17)12(16)9-7-20-13-8(11(9)15)5-4-6-10(13)18-2/h4-6,9H,3,7H2,1-2H3. The zero-order valence-electron chi connectivity index (χ0n) is 11.2. The number of carbonyl (C=O) groups excluding carboxylic acids is 3. The van der Waals surface area contributed by atoms with Gasteiger partial charge >= 0.3 is 5.97 Å². The Bertz CT molecular complexity index is 567. The molecular weight excluding hydrogens is 280 g/mol. The summed E-state index contributed by atoms with van der Waals surface area (Å²) >= 11 is 1.34. The van der Waals surface area contributed by atoms with Crippen molar-refractivity contribution in [2.24, 2.45) is 5.92 Å². The van der Waals surface area contributed by atoms with E-state index in [0.29, 0.717) is 16.2 Å². The summed E-state index contributed by atoms with van der Waals surface area (Å²) in [5.41, 5.74) is 0.420. The monoisotopic (exact) mass is 294 g/mol. The average molecular weight is 294 g/mol. The number of fused-ring (bicyclic) bond motifs is 1. The molecule has 1 heterocycles. The maximum Gasteiger partial charge on any atom is 0.375 e. The maximum atomic E-state index is 12.3. The van der Waals surface area contributed by atoms with E-state index in [9.17, 15) is 14.4 Å². The van der Waals surface area contributed by atoms with Crippen LogP contribution in [0.15, 0.2) is 23.1 Å². The van der Waals surface area contributed by atoms with E-state index in [1.165, 1.54) is 18.9 Å². The summed E-state index contributed by atoms with van der Waals surface area (Å²) in [4.78, 5) is 36.4. The molecule has 1 aliphatic heterocycles. The molecule has 2 rings (SSSR count). The van der Waals surface area contributed by atoms with Crippen molar-refractivity contribution in [3.63, 3.8) is 0 Å². The molecule has 1 aromatic carbocycles. The number of rotatable bonds is 4. The molecule has 6 heteroatoms. The summed E-state index contributed by atoms with van der Waals surface area (Å²) in [5.74, 6) is -2.23. The number of esters is 1. The molecule has 0 saturated heterocycles. The van der Waals surface area contributed by atoms with Gasteiger partial charge < -0.3 is 9.47 Å². The number of benzene rings is 1. The molecule has 1 aliphatic rings. The van der Waals surface area contributed by atoms with Gasteiger partial charge in [0.15, 0.2) is 5.78 Å². The van der Waals surface area contributed by atoms with Gasteiger partial charge in [0, 0.05) is 11.3 Å². The Morgan fingerprint density at radius 1 is 1.40 bits per heavy atom. The highest BCUT2D eigenvalue weighted by Crippen LogP contribution is 2.39. The number of methoxy groups -OCH3 is 1. The number of hydrogen-bond donors (Lipinski definition) is 0.